The van der Waals surface area contributed by atoms with Gasteiger partial charge in [0.25, 0.3) is 0 Å². The minimum atomic E-state index is -0.0348. The van der Waals surface area contributed by atoms with Gasteiger partial charge in [-0.2, -0.15) is 0 Å². The maximum absolute atomic E-state index is 14.2. The molecule has 16 heavy (non-hydrogen) atoms. The maximum atomic E-state index is 14.2. The Morgan fingerprint density at radius 3 is 2.56 bits per heavy atom. The molecule has 0 N–H and O–H groups in total. The molecule has 1 aliphatic rings. The Morgan fingerprint density at radius 2 is 1.94 bits per heavy atom. The fourth-order valence-corrected chi connectivity index (χ4v) is 2.06. The predicted molar refractivity (Wildman–Crippen MR) is 64.4 cm³/mol. The molecule has 0 aromatic carbocycles. The molecule has 1 heterocycles. The molecule has 0 bridgehead atoms. The van der Waals surface area contributed by atoms with E-state index in [2.05, 4.69) is 4.98 Å². The van der Waals surface area contributed by atoms with Gasteiger partial charge < -0.3 is 0 Å². The van der Waals surface area contributed by atoms with E-state index in [1.54, 1.807) is 12.4 Å². The summed E-state index contributed by atoms with van der Waals surface area (Å²) in [6, 6.07) is 3.75. The first-order valence-corrected chi connectivity index (χ1v) is 5.69. The molecule has 0 atom stereocenters. The number of aromatic nitrogens is 1. The number of halogens is 1. The van der Waals surface area contributed by atoms with E-state index in [1.165, 1.54) is 0 Å². The number of allylic oxidation sites excluding steroid dienone is 4. The Balaban J connectivity index is 2.42. The van der Waals surface area contributed by atoms with Gasteiger partial charge in [-0.15, -0.1) is 0 Å². The van der Waals surface area contributed by atoms with Gasteiger partial charge in [0.1, 0.15) is 5.83 Å². The zero-order chi connectivity index (χ0) is 11.5. The highest BCUT2D eigenvalue weighted by Crippen LogP contribution is 2.36. The van der Waals surface area contributed by atoms with Gasteiger partial charge in [0.2, 0.25) is 0 Å². The van der Waals surface area contributed by atoms with Crippen LogP contribution in [-0.2, 0) is 0 Å². The van der Waals surface area contributed by atoms with Crippen LogP contribution >= 0.6 is 0 Å². The van der Waals surface area contributed by atoms with Gasteiger partial charge in [0.05, 0.1) is 0 Å². The van der Waals surface area contributed by atoms with Crippen LogP contribution in [0.15, 0.2) is 42.0 Å². The van der Waals surface area contributed by atoms with E-state index >= 15 is 0 Å². The van der Waals surface area contributed by atoms with Gasteiger partial charge >= 0.3 is 0 Å². The van der Waals surface area contributed by atoms with Crippen molar-refractivity contribution < 1.29 is 4.39 Å². The smallest absolute Gasteiger partial charge is 0.130 e. The molecule has 0 unspecified atom stereocenters. The van der Waals surface area contributed by atoms with Crippen molar-refractivity contribution in [2.75, 3.05) is 0 Å². The van der Waals surface area contributed by atoms with E-state index in [0.717, 1.165) is 29.6 Å². The van der Waals surface area contributed by atoms with Gasteiger partial charge in [-0.3, -0.25) is 4.98 Å². The van der Waals surface area contributed by atoms with Crippen LogP contribution in [-0.4, -0.2) is 4.98 Å². The van der Waals surface area contributed by atoms with Crippen molar-refractivity contribution in [1.82, 2.24) is 4.98 Å². The van der Waals surface area contributed by atoms with Crippen molar-refractivity contribution in [3.63, 3.8) is 0 Å². The number of hydrogen-bond donors (Lipinski definition) is 0. The average Bonchev–Trinajstić information content (AvgIpc) is 2.30. The third kappa shape index (κ3) is 2.06. The second-order valence-electron chi connectivity index (χ2n) is 4.38. The van der Waals surface area contributed by atoms with Crippen LogP contribution in [0.2, 0.25) is 0 Å². The molecule has 0 fully saturated rings. The zero-order valence-electron chi connectivity index (χ0n) is 9.70. The van der Waals surface area contributed by atoms with Crippen molar-refractivity contribution in [2.24, 2.45) is 5.92 Å². The summed E-state index contributed by atoms with van der Waals surface area (Å²) in [6.07, 6.45) is 7.15. The van der Waals surface area contributed by atoms with Crippen LogP contribution in [0, 0.1) is 5.92 Å². The first kappa shape index (κ1) is 11.1. The van der Waals surface area contributed by atoms with Gasteiger partial charge in [-0.1, -0.05) is 19.9 Å². The lowest BCUT2D eigenvalue weighted by Gasteiger charge is -2.19. The Hall–Kier alpha value is -1.44. The van der Waals surface area contributed by atoms with E-state index in [9.17, 15) is 4.39 Å². The highest BCUT2D eigenvalue weighted by molar-refractivity contribution is 5.72. The number of rotatable bonds is 2. The molecule has 2 heteroatoms. The average molecular weight is 217 g/mol. The van der Waals surface area contributed by atoms with Crippen LogP contribution in [0.5, 0.6) is 0 Å². The number of pyridine rings is 1. The first-order chi connectivity index (χ1) is 7.70. The Morgan fingerprint density at radius 1 is 1.25 bits per heavy atom. The van der Waals surface area contributed by atoms with Crippen molar-refractivity contribution in [2.45, 2.75) is 26.7 Å². The highest BCUT2D eigenvalue weighted by atomic mass is 19.1. The van der Waals surface area contributed by atoms with Crippen molar-refractivity contribution in [3.05, 3.63) is 47.6 Å². The van der Waals surface area contributed by atoms with Crippen LogP contribution in [0.1, 0.15) is 32.3 Å². The van der Waals surface area contributed by atoms with Gasteiger partial charge in [0, 0.05) is 12.4 Å². The second-order valence-corrected chi connectivity index (χ2v) is 4.38. The molecular formula is C14H16FN. The lowest BCUT2D eigenvalue weighted by Crippen LogP contribution is -2.03. The van der Waals surface area contributed by atoms with Gasteiger partial charge in [-0.25, -0.2) is 4.39 Å². The monoisotopic (exact) mass is 217 g/mol. The first-order valence-electron chi connectivity index (χ1n) is 5.69. The minimum Gasteiger partial charge on any atom is -0.265 e. The molecular weight excluding hydrogens is 201 g/mol. The van der Waals surface area contributed by atoms with Gasteiger partial charge in [0.15, 0.2) is 0 Å². The molecule has 1 aromatic heterocycles. The summed E-state index contributed by atoms with van der Waals surface area (Å²) in [5, 5.41) is 0. The summed E-state index contributed by atoms with van der Waals surface area (Å²) in [5.41, 5.74) is 2.63. The molecule has 2 rings (SSSR count). The van der Waals surface area contributed by atoms with E-state index < -0.39 is 0 Å². The highest BCUT2D eigenvalue weighted by Gasteiger charge is 2.19. The molecule has 1 aromatic rings. The number of nitrogens with zero attached hydrogens (tertiary/aromatic N) is 1. The fourth-order valence-electron chi connectivity index (χ4n) is 2.06. The molecule has 0 saturated heterocycles. The second kappa shape index (κ2) is 4.60. The Labute approximate surface area is 95.7 Å². The standard InChI is InChI=1S/C14H16FN/c1-10(2)12-4-3-5-13(14(12)15)11-6-8-16-9-7-11/h4,6-10H,3,5H2,1-2H3. The summed E-state index contributed by atoms with van der Waals surface area (Å²) in [4.78, 5) is 3.96. The van der Waals surface area contributed by atoms with Crippen molar-refractivity contribution in [1.29, 1.82) is 0 Å². The molecule has 0 radical (unpaired) electrons. The molecule has 84 valence electrons. The normalized spacial score (nSPS) is 16.6. The predicted octanol–water partition coefficient (Wildman–Crippen LogP) is 4.14. The topological polar surface area (TPSA) is 12.9 Å². The summed E-state index contributed by atoms with van der Waals surface area (Å²) in [7, 11) is 0. The SMILES string of the molecule is CC(C)C1=CCCC(c2ccncc2)=C1F. The van der Waals surface area contributed by atoms with E-state index in [1.807, 2.05) is 32.1 Å². The lowest BCUT2D eigenvalue weighted by molar-refractivity contribution is 0.598. The molecule has 1 aliphatic carbocycles. The summed E-state index contributed by atoms with van der Waals surface area (Å²) in [5.74, 6) is 0.213. The van der Waals surface area contributed by atoms with Gasteiger partial charge in [-0.05, 0) is 47.6 Å². The zero-order valence-corrected chi connectivity index (χ0v) is 9.70. The van der Waals surface area contributed by atoms with E-state index in [4.69, 9.17) is 0 Å². The molecule has 0 spiro atoms. The summed E-state index contributed by atoms with van der Waals surface area (Å²) < 4.78 is 14.2. The van der Waals surface area contributed by atoms with Crippen LogP contribution in [0.3, 0.4) is 0 Å². The maximum Gasteiger partial charge on any atom is 0.130 e. The number of hydrogen-bond acceptors (Lipinski definition) is 1. The Kier molecular flexibility index (Phi) is 3.18. The Bertz CT molecular complexity index is 429. The van der Waals surface area contributed by atoms with E-state index in [0.29, 0.717) is 0 Å². The quantitative estimate of drug-likeness (QED) is 0.725. The summed E-state index contributed by atoms with van der Waals surface area (Å²) in [6.45, 7) is 4.06. The largest absolute Gasteiger partial charge is 0.265 e. The summed E-state index contributed by atoms with van der Waals surface area (Å²) >= 11 is 0. The lowest BCUT2D eigenvalue weighted by atomic mass is 9.88. The third-order valence-electron chi connectivity index (χ3n) is 2.93. The van der Waals surface area contributed by atoms with Crippen LogP contribution < -0.4 is 0 Å². The fraction of sp³-hybridized carbons (Fsp3) is 0.357. The van der Waals surface area contributed by atoms with E-state index in [-0.39, 0.29) is 11.7 Å². The molecule has 0 aliphatic heterocycles. The molecule has 1 nitrogen and oxygen atoms in total. The third-order valence-corrected chi connectivity index (χ3v) is 2.93. The minimum absolute atomic E-state index is 0.0348. The van der Waals surface area contributed by atoms with Crippen molar-refractivity contribution >= 4 is 5.57 Å². The molecule has 0 amide bonds. The molecule has 0 saturated carbocycles. The van der Waals surface area contributed by atoms with Crippen LogP contribution in [0.4, 0.5) is 4.39 Å². The van der Waals surface area contributed by atoms with Crippen LogP contribution in [0.25, 0.3) is 5.57 Å². The van der Waals surface area contributed by atoms with Crippen molar-refractivity contribution in [3.8, 4) is 0 Å².